The van der Waals surface area contributed by atoms with Crippen molar-refractivity contribution in [1.29, 1.82) is 0 Å². The summed E-state index contributed by atoms with van der Waals surface area (Å²) in [6.07, 6.45) is 3.48. The van der Waals surface area contributed by atoms with Gasteiger partial charge in [0, 0.05) is 17.6 Å². The summed E-state index contributed by atoms with van der Waals surface area (Å²) in [6.45, 7) is 3.67. The molecule has 0 unspecified atom stereocenters. The first kappa shape index (κ1) is 7.80. The third-order valence-electron chi connectivity index (χ3n) is 1.92. The molecule has 64 valence electrons. The van der Waals surface area contributed by atoms with E-state index in [0.29, 0.717) is 0 Å². The molecular formula is C11H9NO. The van der Waals surface area contributed by atoms with Crippen molar-refractivity contribution in [3.63, 3.8) is 0 Å². The molecule has 0 fully saturated rings. The Morgan fingerprint density at radius 2 is 2.15 bits per heavy atom. The van der Waals surface area contributed by atoms with Gasteiger partial charge in [0.2, 0.25) is 0 Å². The first-order chi connectivity index (χ1) is 6.29. The number of pyridine rings is 1. The van der Waals surface area contributed by atoms with E-state index in [1.165, 1.54) is 0 Å². The third-order valence-corrected chi connectivity index (χ3v) is 1.92. The Bertz CT molecular complexity index is 463. The van der Waals surface area contributed by atoms with Gasteiger partial charge in [-0.2, -0.15) is 0 Å². The van der Waals surface area contributed by atoms with Crippen LogP contribution in [0.4, 0.5) is 0 Å². The third kappa shape index (κ3) is 1.38. The maximum atomic E-state index is 9.20. The van der Waals surface area contributed by atoms with E-state index >= 15 is 0 Å². The first-order valence-corrected chi connectivity index (χ1v) is 4.01. The van der Waals surface area contributed by atoms with Crippen LogP contribution in [0.15, 0.2) is 37.0 Å². The van der Waals surface area contributed by atoms with Crippen LogP contribution in [0.1, 0.15) is 5.56 Å². The first-order valence-electron chi connectivity index (χ1n) is 4.01. The molecule has 1 aromatic carbocycles. The van der Waals surface area contributed by atoms with Gasteiger partial charge in [-0.25, -0.2) is 0 Å². The van der Waals surface area contributed by atoms with Gasteiger partial charge >= 0.3 is 0 Å². The zero-order valence-corrected chi connectivity index (χ0v) is 7.07. The highest BCUT2D eigenvalue weighted by atomic mass is 16.3. The molecule has 2 nitrogen and oxygen atoms in total. The monoisotopic (exact) mass is 171 g/mol. The molecule has 0 saturated carbocycles. The van der Waals surface area contributed by atoms with E-state index in [0.717, 1.165) is 16.5 Å². The summed E-state index contributed by atoms with van der Waals surface area (Å²) in [5, 5.41) is 10.2. The zero-order chi connectivity index (χ0) is 9.26. The minimum atomic E-state index is 0.242. The molecule has 13 heavy (non-hydrogen) atoms. The van der Waals surface area contributed by atoms with Crippen LogP contribution in [0, 0.1) is 0 Å². The van der Waals surface area contributed by atoms with Gasteiger partial charge < -0.3 is 5.11 Å². The van der Waals surface area contributed by atoms with Crippen LogP contribution in [0.2, 0.25) is 0 Å². The van der Waals surface area contributed by atoms with Gasteiger partial charge in [0.25, 0.3) is 0 Å². The average Bonchev–Trinajstić information content (AvgIpc) is 2.17. The zero-order valence-electron chi connectivity index (χ0n) is 7.07. The average molecular weight is 171 g/mol. The summed E-state index contributed by atoms with van der Waals surface area (Å²) in [5.41, 5.74) is 1.78. The smallest absolute Gasteiger partial charge is 0.117 e. The second-order valence-corrected chi connectivity index (χ2v) is 2.85. The predicted octanol–water partition coefficient (Wildman–Crippen LogP) is 2.58. The van der Waals surface area contributed by atoms with Crippen LogP contribution in [-0.4, -0.2) is 10.1 Å². The topological polar surface area (TPSA) is 33.1 Å². The second-order valence-electron chi connectivity index (χ2n) is 2.85. The largest absolute Gasteiger partial charge is 0.508 e. The highest BCUT2D eigenvalue weighted by molar-refractivity contribution is 5.81. The lowest BCUT2D eigenvalue weighted by atomic mass is 10.1. The van der Waals surface area contributed by atoms with Gasteiger partial charge in [0.15, 0.2) is 0 Å². The molecule has 2 heteroatoms. The van der Waals surface area contributed by atoms with Crippen molar-refractivity contribution in [2.45, 2.75) is 0 Å². The number of benzene rings is 1. The van der Waals surface area contributed by atoms with Crippen LogP contribution >= 0.6 is 0 Å². The Balaban J connectivity index is 2.73. The van der Waals surface area contributed by atoms with Crippen molar-refractivity contribution in [3.05, 3.63) is 42.6 Å². The maximum Gasteiger partial charge on any atom is 0.117 e. The standard InChI is InChI=1S/C11H9NO/c1-2-8-5-9-3-4-10(13)6-11(9)12-7-8/h2-7,13H,1H2. The fourth-order valence-corrected chi connectivity index (χ4v) is 1.24. The highest BCUT2D eigenvalue weighted by Gasteiger charge is 1.96. The quantitative estimate of drug-likeness (QED) is 0.715. The predicted molar refractivity (Wildman–Crippen MR) is 53.5 cm³/mol. The molecule has 0 amide bonds. The van der Waals surface area contributed by atoms with E-state index in [4.69, 9.17) is 0 Å². The summed E-state index contributed by atoms with van der Waals surface area (Å²) in [7, 11) is 0. The van der Waals surface area contributed by atoms with Crippen LogP contribution in [0.25, 0.3) is 17.0 Å². The van der Waals surface area contributed by atoms with Crippen molar-refractivity contribution >= 4 is 17.0 Å². The van der Waals surface area contributed by atoms with Gasteiger partial charge in [-0.05, 0) is 23.8 Å². The molecule has 0 aliphatic carbocycles. The van der Waals surface area contributed by atoms with Crippen molar-refractivity contribution in [1.82, 2.24) is 4.98 Å². The Morgan fingerprint density at radius 3 is 2.92 bits per heavy atom. The normalized spacial score (nSPS) is 10.2. The lowest BCUT2D eigenvalue weighted by Gasteiger charge is -1.98. The molecule has 1 aromatic heterocycles. The number of hydrogen-bond donors (Lipinski definition) is 1. The van der Waals surface area contributed by atoms with Gasteiger partial charge in [0.05, 0.1) is 5.52 Å². The Hall–Kier alpha value is -1.83. The van der Waals surface area contributed by atoms with E-state index in [-0.39, 0.29) is 5.75 Å². The van der Waals surface area contributed by atoms with E-state index in [1.807, 2.05) is 12.1 Å². The molecule has 2 aromatic rings. The van der Waals surface area contributed by atoms with Crippen molar-refractivity contribution in [3.8, 4) is 5.75 Å². The van der Waals surface area contributed by atoms with Gasteiger partial charge in [0.1, 0.15) is 5.75 Å². The fourth-order valence-electron chi connectivity index (χ4n) is 1.24. The van der Waals surface area contributed by atoms with Crippen molar-refractivity contribution in [2.24, 2.45) is 0 Å². The van der Waals surface area contributed by atoms with E-state index in [9.17, 15) is 5.11 Å². The minimum absolute atomic E-state index is 0.242. The molecule has 0 bridgehead atoms. The molecule has 1 N–H and O–H groups in total. The lowest BCUT2D eigenvalue weighted by Crippen LogP contribution is -1.80. The number of aromatic hydroxyl groups is 1. The Labute approximate surface area is 76.2 Å². The highest BCUT2D eigenvalue weighted by Crippen LogP contribution is 2.18. The number of fused-ring (bicyclic) bond motifs is 1. The molecule has 0 atom stereocenters. The lowest BCUT2D eigenvalue weighted by molar-refractivity contribution is 0.476. The van der Waals surface area contributed by atoms with Crippen molar-refractivity contribution in [2.75, 3.05) is 0 Å². The Morgan fingerprint density at radius 1 is 1.31 bits per heavy atom. The van der Waals surface area contributed by atoms with Crippen LogP contribution < -0.4 is 0 Å². The maximum absolute atomic E-state index is 9.20. The molecule has 0 aliphatic rings. The van der Waals surface area contributed by atoms with Crippen LogP contribution in [0.5, 0.6) is 5.75 Å². The molecule has 0 radical (unpaired) electrons. The summed E-state index contributed by atoms with van der Waals surface area (Å²) in [5.74, 6) is 0.242. The summed E-state index contributed by atoms with van der Waals surface area (Å²) in [4.78, 5) is 4.18. The summed E-state index contributed by atoms with van der Waals surface area (Å²) < 4.78 is 0. The minimum Gasteiger partial charge on any atom is -0.508 e. The number of nitrogens with zero attached hydrogens (tertiary/aromatic N) is 1. The number of rotatable bonds is 1. The molecule has 0 saturated heterocycles. The Kier molecular flexibility index (Phi) is 1.74. The van der Waals surface area contributed by atoms with Gasteiger partial charge in [-0.1, -0.05) is 12.7 Å². The number of hydrogen-bond acceptors (Lipinski definition) is 2. The number of phenols is 1. The summed E-state index contributed by atoms with van der Waals surface area (Å²) >= 11 is 0. The van der Waals surface area contributed by atoms with Gasteiger partial charge in [-0.15, -0.1) is 0 Å². The van der Waals surface area contributed by atoms with Crippen LogP contribution in [0.3, 0.4) is 0 Å². The molecule has 0 spiro atoms. The van der Waals surface area contributed by atoms with Crippen LogP contribution in [-0.2, 0) is 0 Å². The van der Waals surface area contributed by atoms with Gasteiger partial charge in [-0.3, -0.25) is 4.98 Å². The van der Waals surface area contributed by atoms with Crippen molar-refractivity contribution < 1.29 is 5.11 Å². The van der Waals surface area contributed by atoms with E-state index in [1.54, 1.807) is 24.4 Å². The number of aromatic nitrogens is 1. The van der Waals surface area contributed by atoms with E-state index < -0.39 is 0 Å². The summed E-state index contributed by atoms with van der Waals surface area (Å²) in [6, 6.07) is 7.11. The number of phenolic OH excluding ortho intramolecular Hbond substituents is 1. The SMILES string of the molecule is C=Cc1cnc2cc(O)ccc2c1. The molecule has 1 heterocycles. The fraction of sp³-hybridized carbons (Fsp3) is 0. The molecular weight excluding hydrogens is 162 g/mol. The molecule has 0 aliphatic heterocycles. The second kappa shape index (κ2) is 2.90. The van der Waals surface area contributed by atoms with E-state index in [2.05, 4.69) is 11.6 Å². The molecule has 2 rings (SSSR count).